The Morgan fingerprint density at radius 2 is 1.81 bits per heavy atom. The Kier molecular flexibility index (Phi) is 5.33. The summed E-state index contributed by atoms with van der Waals surface area (Å²) in [5.41, 5.74) is 4.63. The molecule has 0 saturated heterocycles. The molecule has 5 rings (SSSR count). The second-order valence-electron chi connectivity index (χ2n) is 7.65. The Bertz CT molecular complexity index is 1280. The summed E-state index contributed by atoms with van der Waals surface area (Å²) in [7, 11) is 1.61. The number of halogens is 1. The number of benzene rings is 3. The summed E-state index contributed by atoms with van der Waals surface area (Å²) < 4.78 is 7.45. The quantitative estimate of drug-likeness (QED) is 0.405. The average molecular weight is 444 g/mol. The van der Waals surface area contributed by atoms with Crippen LogP contribution in [0, 0.1) is 0 Å². The van der Waals surface area contributed by atoms with Gasteiger partial charge in [-0.25, -0.2) is 4.79 Å². The van der Waals surface area contributed by atoms with Crippen molar-refractivity contribution in [1.29, 1.82) is 0 Å². The zero-order chi connectivity index (χ0) is 22.1. The van der Waals surface area contributed by atoms with E-state index >= 15 is 0 Å². The van der Waals surface area contributed by atoms with Gasteiger partial charge in [0.1, 0.15) is 11.8 Å². The summed E-state index contributed by atoms with van der Waals surface area (Å²) in [6.07, 6.45) is 2.03. The molecule has 1 N–H and O–H groups in total. The van der Waals surface area contributed by atoms with E-state index in [0.29, 0.717) is 23.0 Å². The number of rotatable bonds is 3. The predicted octanol–water partition coefficient (Wildman–Crippen LogP) is 6.28. The Morgan fingerprint density at radius 1 is 1.00 bits per heavy atom. The molecule has 1 aliphatic heterocycles. The molecule has 0 bridgehead atoms. The third-order valence-electron chi connectivity index (χ3n) is 5.75. The van der Waals surface area contributed by atoms with Gasteiger partial charge in [-0.15, -0.1) is 0 Å². The van der Waals surface area contributed by atoms with Crippen LogP contribution in [0.4, 0.5) is 10.5 Å². The lowest BCUT2D eigenvalue weighted by Crippen LogP contribution is -2.38. The van der Waals surface area contributed by atoms with E-state index in [1.165, 1.54) is 0 Å². The Labute approximate surface area is 191 Å². The number of anilines is 1. The van der Waals surface area contributed by atoms with Gasteiger partial charge in [0.25, 0.3) is 0 Å². The molecule has 160 valence electrons. The van der Waals surface area contributed by atoms with Gasteiger partial charge in [0.15, 0.2) is 0 Å². The van der Waals surface area contributed by atoms with Gasteiger partial charge in [-0.1, -0.05) is 54.1 Å². The number of carbonyl (C=O) groups excluding carboxylic acids is 1. The standard InChI is InChI=1S/C26H22ClN3O2/c1-32-20-10-6-9-19(16-20)28-26(31)30-17-18-8-2-5-13-23(18)29-15-7-14-24(29)25(30)21-11-3-4-12-22(21)27/h2-16,25H,17H2,1H3,(H,28,31). The molecule has 1 aliphatic rings. The van der Waals surface area contributed by atoms with E-state index in [1.807, 2.05) is 77.8 Å². The van der Waals surface area contributed by atoms with Crippen molar-refractivity contribution >= 4 is 23.3 Å². The third-order valence-corrected chi connectivity index (χ3v) is 6.09. The van der Waals surface area contributed by atoms with Gasteiger partial charge < -0.3 is 19.5 Å². The van der Waals surface area contributed by atoms with Crippen LogP contribution in [-0.2, 0) is 6.54 Å². The number of fused-ring (bicyclic) bond motifs is 3. The SMILES string of the molecule is COc1cccc(NC(=O)N2Cc3ccccc3-n3cccc3C2c2ccccc2Cl)c1. The van der Waals surface area contributed by atoms with Crippen LogP contribution in [0.15, 0.2) is 91.1 Å². The number of urea groups is 1. The van der Waals surface area contributed by atoms with Gasteiger partial charge in [-0.3, -0.25) is 0 Å². The van der Waals surface area contributed by atoms with Crippen molar-refractivity contribution in [2.45, 2.75) is 12.6 Å². The fraction of sp³-hybridized carbons (Fsp3) is 0.115. The van der Waals surface area contributed by atoms with Crippen LogP contribution >= 0.6 is 11.6 Å². The van der Waals surface area contributed by atoms with Crippen LogP contribution in [0.3, 0.4) is 0 Å². The summed E-state index contributed by atoms with van der Waals surface area (Å²) in [5, 5.41) is 3.66. The van der Waals surface area contributed by atoms with Gasteiger partial charge >= 0.3 is 6.03 Å². The lowest BCUT2D eigenvalue weighted by molar-refractivity contribution is 0.194. The molecule has 2 heterocycles. The maximum absolute atomic E-state index is 13.7. The zero-order valence-corrected chi connectivity index (χ0v) is 18.3. The molecule has 1 unspecified atom stereocenters. The van der Waals surface area contributed by atoms with Crippen LogP contribution in [0.1, 0.15) is 22.9 Å². The van der Waals surface area contributed by atoms with Crippen molar-refractivity contribution < 1.29 is 9.53 Å². The second-order valence-corrected chi connectivity index (χ2v) is 8.05. The number of methoxy groups -OCH3 is 1. The Morgan fingerprint density at radius 3 is 2.66 bits per heavy atom. The first-order chi connectivity index (χ1) is 15.7. The van der Waals surface area contributed by atoms with Crippen molar-refractivity contribution in [1.82, 2.24) is 9.47 Å². The summed E-state index contributed by atoms with van der Waals surface area (Å²) in [6, 6.07) is 26.6. The molecule has 2 amide bonds. The third kappa shape index (κ3) is 3.61. The first-order valence-corrected chi connectivity index (χ1v) is 10.7. The van der Waals surface area contributed by atoms with E-state index in [1.54, 1.807) is 13.2 Å². The van der Waals surface area contributed by atoms with Gasteiger partial charge in [0.2, 0.25) is 0 Å². The molecule has 0 spiro atoms. The number of carbonyl (C=O) groups is 1. The highest BCUT2D eigenvalue weighted by molar-refractivity contribution is 6.31. The molecule has 3 aromatic carbocycles. The lowest BCUT2D eigenvalue weighted by Gasteiger charge is -2.31. The van der Waals surface area contributed by atoms with Gasteiger partial charge in [-0.05, 0) is 47.5 Å². The van der Waals surface area contributed by atoms with E-state index in [-0.39, 0.29) is 12.1 Å². The van der Waals surface area contributed by atoms with Crippen LogP contribution in [-0.4, -0.2) is 22.6 Å². The number of nitrogens with zero attached hydrogens (tertiary/aromatic N) is 2. The Hall–Kier alpha value is -3.70. The van der Waals surface area contributed by atoms with Crippen molar-refractivity contribution in [2.75, 3.05) is 12.4 Å². The second kappa shape index (κ2) is 8.44. The fourth-order valence-electron chi connectivity index (χ4n) is 4.26. The first-order valence-electron chi connectivity index (χ1n) is 10.4. The minimum absolute atomic E-state index is 0.215. The van der Waals surface area contributed by atoms with Crippen molar-refractivity contribution in [2.24, 2.45) is 0 Å². The minimum atomic E-state index is -0.364. The summed E-state index contributed by atoms with van der Waals surface area (Å²) >= 11 is 6.64. The number of hydrogen-bond donors (Lipinski definition) is 1. The number of amides is 2. The van der Waals surface area contributed by atoms with Crippen molar-refractivity contribution in [3.63, 3.8) is 0 Å². The average Bonchev–Trinajstić information content (AvgIpc) is 3.24. The van der Waals surface area contributed by atoms with E-state index in [2.05, 4.69) is 22.0 Å². The maximum atomic E-state index is 13.7. The number of para-hydroxylation sites is 1. The summed E-state index contributed by atoms with van der Waals surface area (Å²) in [6.45, 7) is 0.434. The summed E-state index contributed by atoms with van der Waals surface area (Å²) in [4.78, 5) is 15.5. The molecule has 1 aromatic heterocycles. The maximum Gasteiger partial charge on any atom is 0.322 e. The minimum Gasteiger partial charge on any atom is -0.497 e. The zero-order valence-electron chi connectivity index (χ0n) is 17.5. The number of nitrogens with one attached hydrogen (secondary N) is 1. The highest BCUT2D eigenvalue weighted by Crippen LogP contribution is 2.39. The molecule has 4 aromatic rings. The topological polar surface area (TPSA) is 46.5 Å². The molecule has 6 heteroatoms. The van der Waals surface area contributed by atoms with E-state index < -0.39 is 0 Å². The molecule has 1 atom stereocenters. The molecular formula is C26H22ClN3O2. The monoisotopic (exact) mass is 443 g/mol. The molecule has 5 nitrogen and oxygen atoms in total. The van der Waals surface area contributed by atoms with E-state index in [0.717, 1.165) is 22.5 Å². The van der Waals surface area contributed by atoms with Crippen LogP contribution in [0.5, 0.6) is 5.75 Å². The van der Waals surface area contributed by atoms with Crippen LogP contribution in [0.2, 0.25) is 5.02 Å². The number of hydrogen-bond acceptors (Lipinski definition) is 2. The normalized spacial score (nSPS) is 14.8. The highest BCUT2D eigenvalue weighted by Gasteiger charge is 2.34. The fourth-order valence-corrected chi connectivity index (χ4v) is 4.50. The summed E-state index contributed by atoms with van der Waals surface area (Å²) in [5.74, 6) is 0.681. The van der Waals surface area contributed by atoms with Gasteiger partial charge in [-0.2, -0.15) is 0 Å². The van der Waals surface area contributed by atoms with Crippen LogP contribution < -0.4 is 10.1 Å². The van der Waals surface area contributed by atoms with E-state index in [9.17, 15) is 4.79 Å². The molecule has 0 radical (unpaired) electrons. The van der Waals surface area contributed by atoms with Crippen molar-refractivity contribution in [3.05, 3.63) is 113 Å². The number of ether oxygens (including phenoxy) is 1. The molecular weight excluding hydrogens is 422 g/mol. The highest BCUT2D eigenvalue weighted by atomic mass is 35.5. The van der Waals surface area contributed by atoms with E-state index in [4.69, 9.17) is 16.3 Å². The lowest BCUT2D eigenvalue weighted by atomic mass is 10.0. The van der Waals surface area contributed by atoms with Crippen molar-refractivity contribution in [3.8, 4) is 11.4 Å². The molecule has 0 saturated carbocycles. The molecule has 0 fully saturated rings. The predicted molar refractivity (Wildman–Crippen MR) is 127 cm³/mol. The smallest absolute Gasteiger partial charge is 0.322 e. The van der Waals surface area contributed by atoms with Gasteiger partial charge in [0.05, 0.1) is 25.0 Å². The number of aromatic nitrogens is 1. The first kappa shape index (κ1) is 20.2. The van der Waals surface area contributed by atoms with Gasteiger partial charge in [0, 0.05) is 23.0 Å². The van der Waals surface area contributed by atoms with Crippen LogP contribution in [0.25, 0.3) is 5.69 Å². The molecule has 32 heavy (non-hydrogen) atoms. The largest absolute Gasteiger partial charge is 0.497 e. The molecule has 0 aliphatic carbocycles. The Balaban J connectivity index is 1.63.